The van der Waals surface area contributed by atoms with Crippen LogP contribution >= 0.6 is 11.3 Å². The van der Waals surface area contributed by atoms with E-state index in [1.807, 2.05) is 41.3 Å². The smallest absolute Gasteiger partial charge is 0.254 e. The van der Waals surface area contributed by atoms with Gasteiger partial charge in [-0.2, -0.15) is 0 Å². The number of para-hydroxylation sites is 1. The number of ether oxygens (including phenoxy) is 2. The number of carbonyl (C=O) groups excluding carboxylic acids is 2. The van der Waals surface area contributed by atoms with E-state index in [1.165, 1.54) is 4.88 Å². The minimum Gasteiger partial charge on any atom is -0.497 e. The molecule has 0 N–H and O–H groups in total. The van der Waals surface area contributed by atoms with E-state index >= 15 is 0 Å². The zero-order chi connectivity index (χ0) is 25.5. The zero-order valence-electron chi connectivity index (χ0n) is 21.2. The molecule has 6 nitrogen and oxygen atoms in total. The molecule has 2 heterocycles. The van der Waals surface area contributed by atoms with Crippen LogP contribution in [-0.4, -0.2) is 55.0 Å². The molecule has 0 radical (unpaired) electrons. The van der Waals surface area contributed by atoms with Crippen LogP contribution in [0, 0.1) is 5.92 Å². The summed E-state index contributed by atoms with van der Waals surface area (Å²) < 4.78 is 11.4. The molecule has 2 aromatic carbocycles. The SMILES string of the molecule is COc1cccc(C(=O)N(CCC(C)C)CC(=O)N2CCc3sccc3[C@@H]2COc2ccccc2)c1. The minimum absolute atomic E-state index is 0.0318. The number of fused-ring (bicyclic) bond motifs is 1. The van der Waals surface area contributed by atoms with Crippen molar-refractivity contribution in [1.82, 2.24) is 9.80 Å². The molecule has 0 saturated carbocycles. The lowest BCUT2D eigenvalue weighted by atomic mass is 10.00. The Labute approximate surface area is 217 Å². The van der Waals surface area contributed by atoms with Crippen LogP contribution in [0.3, 0.4) is 0 Å². The van der Waals surface area contributed by atoms with Crippen LogP contribution in [0.1, 0.15) is 47.1 Å². The lowest BCUT2D eigenvalue weighted by Crippen LogP contribution is -2.48. The summed E-state index contributed by atoms with van der Waals surface area (Å²) >= 11 is 1.73. The van der Waals surface area contributed by atoms with Crippen LogP contribution in [0.25, 0.3) is 0 Å². The van der Waals surface area contributed by atoms with Crippen LogP contribution in [0.5, 0.6) is 11.5 Å². The lowest BCUT2D eigenvalue weighted by Gasteiger charge is -2.37. The Kier molecular flexibility index (Phi) is 8.65. The molecule has 1 aliphatic rings. The molecule has 0 saturated heterocycles. The monoisotopic (exact) mass is 506 g/mol. The maximum atomic E-state index is 13.7. The molecule has 0 spiro atoms. The second-order valence-electron chi connectivity index (χ2n) is 9.42. The first-order chi connectivity index (χ1) is 17.5. The van der Waals surface area contributed by atoms with Crippen molar-refractivity contribution in [1.29, 1.82) is 0 Å². The number of amides is 2. The number of rotatable bonds is 10. The number of carbonyl (C=O) groups is 2. The summed E-state index contributed by atoms with van der Waals surface area (Å²) in [6.07, 6.45) is 1.63. The van der Waals surface area contributed by atoms with E-state index in [-0.39, 0.29) is 24.4 Å². The predicted octanol–water partition coefficient (Wildman–Crippen LogP) is 5.45. The Morgan fingerprint density at radius 3 is 2.61 bits per heavy atom. The van der Waals surface area contributed by atoms with E-state index in [2.05, 4.69) is 25.3 Å². The summed E-state index contributed by atoms with van der Waals surface area (Å²) in [5, 5.41) is 2.08. The van der Waals surface area contributed by atoms with E-state index in [0.29, 0.717) is 36.9 Å². The van der Waals surface area contributed by atoms with Crippen molar-refractivity contribution in [2.24, 2.45) is 5.92 Å². The Morgan fingerprint density at radius 1 is 1.08 bits per heavy atom. The van der Waals surface area contributed by atoms with Gasteiger partial charge in [0.25, 0.3) is 5.91 Å². The van der Waals surface area contributed by atoms with Crippen molar-refractivity contribution in [3.05, 3.63) is 82.0 Å². The Hall–Kier alpha value is -3.32. The van der Waals surface area contributed by atoms with Crippen LogP contribution < -0.4 is 9.47 Å². The molecule has 1 aromatic heterocycles. The minimum atomic E-state index is -0.188. The summed E-state index contributed by atoms with van der Waals surface area (Å²) in [6, 6.07) is 18.7. The van der Waals surface area contributed by atoms with E-state index in [0.717, 1.165) is 24.2 Å². The average Bonchev–Trinajstić information content (AvgIpc) is 3.39. The highest BCUT2D eigenvalue weighted by atomic mass is 32.1. The predicted molar refractivity (Wildman–Crippen MR) is 143 cm³/mol. The van der Waals surface area contributed by atoms with Gasteiger partial charge in [-0.05, 0) is 66.1 Å². The molecule has 0 fully saturated rings. The zero-order valence-corrected chi connectivity index (χ0v) is 22.0. The molecule has 2 amide bonds. The molecule has 0 aliphatic carbocycles. The summed E-state index contributed by atoms with van der Waals surface area (Å²) in [7, 11) is 1.58. The van der Waals surface area contributed by atoms with Gasteiger partial charge in [0, 0.05) is 23.5 Å². The van der Waals surface area contributed by atoms with Gasteiger partial charge in [0.05, 0.1) is 13.2 Å². The topological polar surface area (TPSA) is 59.1 Å². The quantitative estimate of drug-likeness (QED) is 0.367. The third-order valence-electron chi connectivity index (χ3n) is 6.47. The first-order valence-electron chi connectivity index (χ1n) is 12.4. The number of methoxy groups -OCH3 is 1. The fourth-order valence-corrected chi connectivity index (χ4v) is 5.35. The molecule has 1 atom stereocenters. The summed E-state index contributed by atoms with van der Waals surface area (Å²) in [6.45, 7) is 5.77. The first kappa shape index (κ1) is 25.8. The standard InChI is InChI=1S/C29H34N2O4S/c1-21(2)12-15-30(29(33)22-8-7-11-24(18-22)34-3)19-28(32)31-16-13-27-25(14-17-36-27)26(31)20-35-23-9-5-4-6-10-23/h4-11,14,17-18,21,26H,12-13,15-16,19-20H2,1-3H3/t26-/m0/s1. The van der Waals surface area contributed by atoms with Crippen LogP contribution in [0.2, 0.25) is 0 Å². The van der Waals surface area contributed by atoms with Crippen molar-refractivity contribution in [3.63, 3.8) is 0 Å². The molecular weight excluding hydrogens is 472 g/mol. The Balaban J connectivity index is 1.53. The van der Waals surface area contributed by atoms with E-state index in [1.54, 1.807) is 41.5 Å². The lowest BCUT2D eigenvalue weighted by molar-refractivity contribution is -0.135. The molecule has 3 aromatic rings. The van der Waals surface area contributed by atoms with Crippen molar-refractivity contribution in [2.75, 3.05) is 33.4 Å². The summed E-state index contributed by atoms with van der Waals surface area (Å²) in [5.74, 6) is 1.59. The molecule has 0 unspecified atom stereocenters. The molecule has 4 rings (SSSR count). The normalized spacial score (nSPS) is 14.9. The highest BCUT2D eigenvalue weighted by molar-refractivity contribution is 7.10. The Bertz CT molecular complexity index is 1160. The second kappa shape index (κ2) is 12.1. The highest BCUT2D eigenvalue weighted by Crippen LogP contribution is 2.34. The number of hydrogen-bond donors (Lipinski definition) is 0. The van der Waals surface area contributed by atoms with Gasteiger partial charge in [-0.1, -0.05) is 38.1 Å². The van der Waals surface area contributed by atoms with Gasteiger partial charge in [0.15, 0.2) is 0 Å². The summed E-state index contributed by atoms with van der Waals surface area (Å²) in [4.78, 5) is 32.1. The fraction of sp³-hybridized carbons (Fsp3) is 0.379. The summed E-state index contributed by atoms with van der Waals surface area (Å²) in [5.41, 5.74) is 1.66. The van der Waals surface area contributed by atoms with Gasteiger partial charge in [-0.25, -0.2) is 0 Å². The third kappa shape index (κ3) is 6.26. The average molecular weight is 507 g/mol. The van der Waals surface area contributed by atoms with Crippen molar-refractivity contribution in [3.8, 4) is 11.5 Å². The largest absolute Gasteiger partial charge is 0.497 e. The first-order valence-corrected chi connectivity index (χ1v) is 13.3. The van der Waals surface area contributed by atoms with Gasteiger partial charge in [-0.15, -0.1) is 11.3 Å². The van der Waals surface area contributed by atoms with E-state index in [4.69, 9.17) is 9.47 Å². The molecular formula is C29H34N2O4S. The van der Waals surface area contributed by atoms with Crippen LogP contribution in [0.4, 0.5) is 0 Å². The molecule has 1 aliphatic heterocycles. The van der Waals surface area contributed by atoms with Gasteiger partial charge >= 0.3 is 0 Å². The van der Waals surface area contributed by atoms with Crippen molar-refractivity contribution >= 4 is 23.2 Å². The second-order valence-corrected chi connectivity index (χ2v) is 10.4. The molecule has 190 valence electrons. The van der Waals surface area contributed by atoms with Crippen molar-refractivity contribution < 1.29 is 19.1 Å². The molecule has 7 heteroatoms. The maximum absolute atomic E-state index is 13.7. The fourth-order valence-electron chi connectivity index (χ4n) is 4.43. The van der Waals surface area contributed by atoms with E-state index < -0.39 is 0 Å². The van der Waals surface area contributed by atoms with Gasteiger partial charge in [0.2, 0.25) is 5.91 Å². The van der Waals surface area contributed by atoms with E-state index in [9.17, 15) is 9.59 Å². The molecule has 0 bridgehead atoms. The van der Waals surface area contributed by atoms with Crippen LogP contribution in [0.15, 0.2) is 66.0 Å². The molecule has 36 heavy (non-hydrogen) atoms. The Morgan fingerprint density at radius 2 is 1.86 bits per heavy atom. The van der Waals surface area contributed by atoms with Crippen molar-refractivity contribution in [2.45, 2.75) is 32.7 Å². The van der Waals surface area contributed by atoms with Gasteiger partial charge in [0.1, 0.15) is 24.7 Å². The number of benzene rings is 2. The number of nitrogens with zero attached hydrogens (tertiary/aromatic N) is 2. The number of hydrogen-bond acceptors (Lipinski definition) is 5. The third-order valence-corrected chi connectivity index (χ3v) is 7.47. The van der Waals surface area contributed by atoms with Crippen LogP contribution in [-0.2, 0) is 11.2 Å². The number of thiophene rings is 1. The highest BCUT2D eigenvalue weighted by Gasteiger charge is 2.33. The van der Waals surface area contributed by atoms with Gasteiger partial charge in [-0.3, -0.25) is 9.59 Å². The maximum Gasteiger partial charge on any atom is 0.254 e. The van der Waals surface area contributed by atoms with Gasteiger partial charge < -0.3 is 19.3 Å².